The van der Waals surface area contributed by atoms with Gasteiger partial charge in [0.05, 0.1) is 0 Å². The van der Waals surface area contributed by atoms with Crippen LogP contribution in [-0.2, 0) is 21.8 Å². The first-order valence-corrected chi connectivity index (χ1v) is 10.9. The Hall–Kier alpha value is -2.64. The lowest BCUT2D eigenvalue weighted by Gasteiger charge is -2.43. The van der Waals surface area contributed by atoms with E-state index < -0.39 is 17.5 Å². The molecule has 9 heteroatoms. The molecule has 1 unspecified atom stereocenters. The van der Waals surface area contributed by atoms with Crippen molar-refractivity contribution < 1.29 is 23.7 Å². The van der Waals surface area contributed by atoms with E-state index in [2.05, 4.69) is 11.6 Å². The maximum absolute atomic E-state index is 13.0. The Morgan fingerprint density at radius 3 is 2.55 bits per heavy atom. The predicted octanol–water partition coefficient (Wildman–Crippen LogP) is 3.65. The van der Waals surface area contributed by atoms with Gasteiger partial charge in [0.25, 0.3) is 12.6 Å². The van der Waals surface area contributed by atoms with Crippen LogP contribution in [-0.4, -0.2) is 36.1 Å². The highest BCUT2D eigenvalue weighted by molar-refractivity contribution is 6.31. The molecular formula is C22H26Cl2N3O4+. The largest absolute Gasteiger partial charge is 0.415 e. The number of halogens is 2. The Bertz CT molecular complexity index is 954. The number of likely N-dealkylation sites (N-methyl/N-ethyl adjacent to an activating group) is 1. The number of carbonyl (C=O) groups excluding carboxylic acids is 3. The van der Waals surface area contributed by atoms with Gasteiger partial charge in [-0.3, -0.25) is 14.5 Å². The van der Waals surface area contributed by atoms with Crippen molar-refractivity contribution in [1.82, 2.24) is 4.90 Å². The molecule has 0 saturated heterocycles. The van der Waals surface area contributed by atoms with Crippen LogP contribution >= 0.6 is 23.2 Å². The van der Waals surface area contributed by atoms with Crippen LogP contribution in [0.4, 0.5) is 4.79 Å². The average Bonchev–Trinajstić information content (AvgIpc) is 2.79. The van der Waals surface area contributed by atoms with Gasteiger partial charge in [-0.15, -0.1) is 11.6 Å². The topological polar surface area (TPSA) is 93.6 Å². The molecule has 1 aromatic heterocycles. The van der Waals surface area contributed by atoms with Gasteiger partial charge in [0.2, 0.25) is 0 Å². The van der Waals surface area contributed by atoms with E-state index in [4.69, 9.17) is 22.1 Å². The molecule has 1 aliphatic rings. The van der Waals surface area contributed by atoms with Gasteiger partial charge in [-0.05, 0) is 31.4 Å². The van der Waals surface area contributed by atoms with Crippen molar-refractivity contribution in [2.45, 2.75) is 38.0 Å². The van der Waals surface area contributed by atoms with Crippen molar-refractivity contribution in [3.63, 3.8) is 0 Å². The number of nitrogens with two attached hydrogens (primary N) is 1. The number of alkyl halides is 1. The number of carbonyl (C=O) groups is 3. The number of aromatic nitrogens is 1. The normalized spacial score (nSPS) is 17.9. The highest BCUT2D eigenvalue weighted by atomic mass is 35.5. The summed E-state index contributed by atoms with van der Waals surface area (Å²) < 4.78 is 6.94. The number of ether oxygens (including phenoxy) is 1. The lowest BCUT2D eigenvalue weighted by molar-refractivity contribution is -0.727. The third-order valence-corrected chi connectivity index (χ3v) is 5.63. The van der Waals surface area contributed by atoms with Crippen molar-refractivity contribution in [2.75, 3.05) is 13.4 Å². The Labute approximate surface area is 191 Å². The zero-order valence-electron chi connectivity index (χ0n) is 17.5. The molecule has 1 atom stereocenters. The highest BCUT2D eigenvalue weighted by Gasteiger charge is 2.48. The molecule has 0 radical (unpaired) electrons. The number of nitrogens with zero attached hydrogens (tertiary/aromatic N) is 2. The summed E-state index contributed by atoms with van der Waals surface area (Å²) >= 11 is 11.0. The number of rotatable bonds is 5. The molecule has 2 amide bonds. The summed E-state index contributed by atoms with van der Waals surface area (Å²) in [5, 5.41) is 0.436. The van der Waals surface area contributed by atoms with Crippen LogP contribution in [0.25, 0.3) is 0 Å². The highest BCUT2D eigenvalue weighted by Crippen LogP contribution is 2.42. The molecule has 31 heavy (non-hydrogen) atoms. The fourth-order valence-corrected chi connectivity index (χ4v) is 4.05. The smallest absolute Gasteiger partial charge is 0.388 e. The molecule has 7 nitrogen and oxygen atoms in total. The number of benzene rings is 1. The zero-order chi connectivity index (χ0) is 23.0. The monoisotopic (exact) mass is 466 g/mol. The van der Waals surface area contributed by atoms with E-state index >= 15 is 0 Å². The van der Waals surface area contributed by atoms with Crippen molar-refractivity contribution in [2.24, 2.45) is 5.73 Å². The second-order valence-electron chi connectivity index (χ2n) is 7.04. The molecule has 1 aromatic carbocycles. The number of Topliss-reactive ketones (excluding diaryl/α,β-unsaturated/α-hetero) is 1. The Balaban J connectivity index is 0.00000166. The van der Waals surface area contributed by atoms with E-state index in [9.17, 15) is 14.4 Å². The van der Waals surface area contributed by atoms with Crippen molar-refractivity contribution in [3.8, 4) is 0 Å². The fourth-order valence-electron chi connectivity index (χ4n) is 3.76. The SMILES string of the molecule is CCl.CN(C(=O)OC[n+]1cccc(C(N)=O)c1)C1(c2ccccc2Cl)CCCCC1=O. The minimum Gasteiger partial charge on any atom is -0.388 e. The van der Waals surface area contributed by atoms with Crippen LogP contribution in [0.1, 0.15) is 41.6 Å². The maximum atomic E-state index is 13.0. The van der Waals surface area contributed by atoms with Gasteiger partial charge < -0.3 is 10.5 Å². The molecule has 0 aliphatic heterocycles. The Morgan fingerprint density at radius 2 is 1.90 bits per heavy atom. The summed E-state index contributed by atoms with van der Waals surface area (Å²) in [6.45, 7) is -0.128. The van der Waals surface area contributed by atoms with Crippen LogP contribution in [0.3, 0.4) is 0 Å². The minimum atomic E-state index is -1.16. The second kappa shape index (κ2) is 11.1. The summed E-state index contributed by atoms with van der Waals surface area (Å²) in [6, 6.07) is 10.3. The molecule has 0 spiro atoms. The number of hydrogen-bond donors (Lipinski definition) is 1. The first kappa shape index (κ1) is 24.6. The van der Waals surface area contributed by atoms with Crippen LogP contribution in [0.15, 0.2) is 48.8 Å². The molecule has 0 bridgehead atoms. The van der Waals surface area contributed by atoms with Gasteiger partial charge in [-0.2, -0.15) is 4.57 Å². The van der Waals surface area contributed by atoms with Gasteiger partial charge in [-0.25, -0.2) is 4.79 Å². The first-order valence-electron chi connectivity index (χ1n) is 9.72. The summed E-state index contributed by atoms with van der Waals surface area (Å²) in [7, 11) is 1.55. The molecule has 1 heterocycles. The number of ketones is 1. The standard InChI is InChI=1S/C21H22ClN3O4.CH3Cl/c1-24(20(28)29-14-25-12-6-7-15(13-25)19(23)27)21(11-5-4-10-18(21)26)16-8-2-3-9-17(16)22;1-2/h2-3,6-9,12-13H,4-5,10-11,14H2,1H3,(H-,23,27);1H3/p+1. The Kier molecular flexibility index (Phi) is 8.83. The lowest BCUT2D eigenvalue weighted by atomic mass is 9.74. The van der Waals surface area contributed by atoms with Crippen molar-refractivity contribution in [1.29, 1.82) is 0 Å². The quantitative estimate of drug-likeness (QED) is 0.537. The molecule has 1 aliphatic carbocycles. The van der Waals surface area contributed by atoms with E-state index in [0.29, 0.717) is 29.0 Å². The molecule has 2 N–H and O–H groups in total. The van der Waals surface area contributed by atoms with Crippen LogP contribution in [0.2, 0.25) is 5.02 Å². The van der Waals surface area contributed by atoms with Gasteiger partial charge in [0.15, 0.2) is 18.2 Å². The van der Waals surface area contributed by atoms with E-state index in [1.165, 1.54) is 22.0 Å². The van der Waals surface area contributed by atoms with Gasteiger partial charge >= 0.3 is 6.09 Å². The van der Waals surface area contributed by atoms with Gasteiger partial charge in [-0.1, -0.05) is 29.8 Å². The molecule has 2 aromatic rings. The number of primary amides is 1. The van der Waals surface area contributed by atoms with Gasteiger partial charge in [0.1, 0.15) is 11.1 Å². The third-order valence-electron chi connectivity index (χ3n) is 5.30. The molecular weight excluding hydrogens is 441 g/mol. The van der Waals surface area contributed by atoms with E-state index in [-0.39, 0.29) is 12.5 Å². The fraction of sp³-hybridized carbons (Fsp3) is 0.364. The van der Waals surface area contributed by atoms with E-state index in [1.54, 1.807) is 49.6 Å². The number of pyridine rings is 1. The number of amides is 2. The molecule has 1 fully saturated rings. The van der Waals surface area contributed by atoms with Crippen molar-refractivity contribution in [3.05, 3.63) is 64.9 Å². The summed E-state index contributed by atoms with van der Waals surface area (Å²) in [4.78, 5) is 38.6. The molecule has 3 rings (SSSR count). The average molecular weight is 467 g/mol. The molecule has 1 saturated carbocycles. The lowest BCUT2D eigenvalue weighted by Crippen LogP contribution is -2.55. The summed E-state index contributed by atoms with van der Waals surface area (Å²) in [6.07, 6.45) is 6.38. The summed E-state index contributed by atoms with van der Waals surface area (Å²) in [5.74, 6) is -0.632. The van der Waals surface area contributed by atoms with Crippen LogP contribution in [0.5, 0.6) is 0 Å². The van der Waals surface area contributed by atoms with Crippen LogP contribution in [0, 0.1) is 0 Å². The Morgan fingerprint density at radius 1 is 1.19 bits per heavy atom. The first-order chi connectivity index (χ1) is 14.9. The second-order valence-corrected chi connectivity index (χ2v) is 7.45. The van der Waals surface area contributed by atoms with Crippen LogP contribution < -0.4 is 10.3 Å². The van der Waals surface area contributed by atoms with E-state index in [1.807, 2.05) is 0 Å². The predicted molar refractivity (Wildman–Crippen MR) is 118 cm³/mol. The summed E-state index contributed by atoms with van der Waals surface area (Å²) in [5.41, 5.74) is 5.02. The third kappa shape index (κ3) is 5.35. The van der Waals surface area contributed by atoms with Gasteiger partial charge in [0, 0.05) is 36.5 Å². The maximum Gasteiger partial charge on any atom is 0.415 e. The van der Waals surface area contributed by atoms with E-state index in [0.717, 1.165) is 12.8 Å². The minimum absolute atomic E-state index is 0.0559. The van der Waals surface area contributed by atoms with Crippen molar-refractivity contribution >= 4 is 41.0 Å². The molecule has 166 valence electrons. The zero-order valence-corrected chi connectivity index (χ0v) is 19.0. The number of hydrogen-bond acceptors (Lipinski definition) is 4.